The lowest BCUT2D eigenvalue weighted by atomic mass is 10.0. The summed E-state index contributed by atoms with van der Waals surface area (Å²) >= 11 is 0. The smallest absolute Gasteiger partial charge is 0.0829 e. The minimum absolute atomic E-state index is 0.199. The van der Waals surface area contributed by atoms with Crippen molar-refractivity contribution in [1.29, 1.82) is 0 Å². The van der Waals surface area contributed by atoms with E-state index in [0.29, 0.717) is 6.04 Å². The highest BCUT2D eigenvalue weighted by Gasteiger charge is 2.27. The summed E-state index contributed by atoms with van der Waals surface area (Å²) in [6.45, 7) is 4.00. The molecule has 2 atom stereocenters. The topological polar surface area (TPSA) is 47.5 Å². The average molecular weight is 199 g/mol. The molecule has 0 bridgehead atoms. The van der Waals surface area contributed by atoms with Crippen LogP contribution in [0.2, 0.25) is 0 Å². The molecular formula is C10H21N3O. The molecule has 2 saturated heterocycles. The lowest BCUT2D eigenvalue weighted by molar-refractivity contribution is 0.143. The number of β-amino-alcohol motifs (C(OH)–C–C–N with tert-alkyl or cyclic N) is 1. The molecule has 2 aliphatic rings. The van der Waals surface area contributed by atoms with Gasteiger partial charge in [0.05, 0.1) is 6.10 Å². The number of nitrogens with zero attached hydrogens (tertiary/aromatic N) is 1. The zero-order valence-electron chi connectivity index (χ0n) is 8.87. The van der Waals surface area contributed by atoms with Gasteiger partial charge in [0.15, 0.2) is 0 Å². The highest BCUT2D eigenvalue weighted by atomic mass is 16.3. The Morgan fingerprint density at radius 3 is 2.57 bits per heavy atom. The van der Waals surface area contributed by atoms with E-state index in [1.54, 1.807) is 0 Å². The molecule has 0 saturated carbocycles. The normalized spacial score (nSPS) is 36.4. The summed E-state index contributed by atoms with van der Waals surface area (Å²) in [7, 11) is 2.17. The summed E-state index contributed by atoms with van der Waals surface area (Å²) in [5.41, 5.74) is 0. The van der Waals surface area contributed by atoms with Gasteiger partial charge in [0.1, 0.15) is 0 Å². The van der Waals surface area contributed by atoms with E-state index in [4.69, 9.17) is 0 Å². The van der Waals surface area contributed by atoms with Crippen LogP contribution in [0.25, 0.3) is 0 Å². The quantitative estimate of drug-likeness (QED) is 0.534. The molecule has 0 aromatic carbocycles. The largest absolute Gasteiger partial charge is 0.390 e. The maximum Gasteiger partial charge on any atom is 0.0829 e. The molecule has 4 heteroatoms. The van der Waals surface area contributed by atoms with Crippen LogP contribution >= 0.6 is 0 Å². The fourth-order valence-electron chi connectivity index (χ4n) is 2.31. The van der Waals surface area contributed by atoms with Gasteiger partial charge in [-0.25, -0.2) is 0 Å². The molecule has 4 nitrogen and oxygen atoms in total. The average Bonchev–Trinajstić information content (AvgIpc) is 2.56. The zero-order chi connectivity index (χ0) is 9.97. The van der Waals surface area contributed by atoms with Crippen molar-refractivity contribution in [3.63, 3.8) is 0 Å². The number of rotatable bonds is 2. The van der Waals surface area contributed by atoms with E-state index in [9.17, 15) is 5.11 Å². The van der Waals surface area contributed by atoms with Crippen LogP contribution in [0.5, 0.6) is 0 Å². The summed E-state index contributed by atoms with van der Waals surface area (Å²) in [6, 6.07) is 0.870. The molecule has 14 heavy (non-hydrogen) atoms. The standard InChI is InChI=1S/C10H21N3O/c1-13-4-2-8(3-5-13)12-9-6-11-7-10(9)14/h8-12,14H,2-7H2,1H3/t9-,10-/m1/s1. The third-order valence-corrected chi connectivity index (χ3v) is 3.35. The Kier molecular flexibility index (Phi) is 3.38. The maximum absolute atomic E-state index is 9.64. The second-order valence-corrected chi connectivity index (χ2v) is 4.58. The van der Waals surface area contributed by atoms with Crippen LogP contribution in [0.15, 0.2) is 0 Å². The Balaban J connectivity index is 1.74. The van der Waals surface area contributed by atoms with E-state index in [1.165, 1.54) is 25.9 Å². The van der Waals surface area contributed by atoms with Crippen LogP contribution in [-0.4, -0.2) is 61.4 Å². The summed E-state index contributed by atoms with van der Waals surface area (Å²) in [4.78, 5) is 2.36. The van der Waals surface area contributed by atoms with Crippen LogP contribution in [0.4, 0.5) is 0 Å². The first-order chi connectivity index (χ1) is 6.75. The monoisotopic (exact) mass is 199 g/mol. The molecule has 2 fully saturated rings. The van der Waals surface area contributed by atoms with Crippen LogP contribution in [-0.2, 0) is 0 Å². The number of aliphatic hydroxyl groups excluding tert-OH is 1. The number of hydrogen-bond acceptors (Lipinski definition) is 4. The van der Waals surface area contributed by atoms with E-state index in [2.05, 4.69) is 22.6 Å². The molecule has 0 aromatic heterocycles. The highest BCUT2D eigenvalue weighted by molar-refractivity contribution is 4.89. The van der Waals surface area contributed by atoms with Crippen molar-refractivity contribution in [3.8, 4) is 0 Å². The molecule has 0 aromatic rings. The minimum atomic E-state index is -0.199. The van der Waals surface area contributed by atoms with Gasteiger partial charge in [0.2, 0.25) is 0 Å². The predicted octanol–water partition coefficient (Wildman–Crippen LogP) is -0.997. The first kappa shape index (κ1) is 10.4. The van der Waals surface area contributed by atoms with Crippen molar-refractivity contribution in [3.05, 3.63) is 0 Å². The van der Waals surface area contributed by atoms with E-state index >= 15 is 0 Å². The molecule has 0 aliphatic carbocycles. The Hall–Kier alpha value is -0.160. The van der Waals surface area contributed by atoms with Crippen molar-refractivity contribution < 1.29 is 5.11 Å². The molecule has 0 amide bonds. The van der Waals surface area contributed by atoms with Crippen LogP contribution in [0.1, 0.15) is 12.8 Å². The van der Waals surface area contributed by atoms with Crippen molar-refractivity contribution in [2.45, 2.75) is 31.0 Å². The van der Waals surface area contributed by atoms with Gasteiger partial charge in [-0.15, -0.1) is 0 Å². The SMILES string of the molecule is CN1CCC(N[C@@H]2CNC[C@H]2O)CC1. The van der Waals surface area contributed by atoms with E-state index in [-0.39, 0.29) is 12.1 Å². The molecule has 3 N–H and O–H groups in total. The minimum Gasteiger partial charge on any atom is -0.390 e. The van der Waals surface area contributed by atoms with E-state index in [1.807, 2.05) is 0 Å². The molecule has 0 radical (unpaired) electrons. The van der Waals surface area contributed by atoms with E-state index < -0.39 is 0 Å². The molecule has 2 aliphatic heterocycles. The summed E-state index contributed by atoms with van der Waals surface area (Å²) < 4.78 is 0. The van der Waals surface area contributed by atoms with Gasteiger partial charge in [0.25, 0.3) is 0 Å². The summed E-state index contributed by atoms with van der Waals surface area (Å²) in [5.74, 6) is 0. The highest BCUT2D eigenvalue weighted by Crippen LogP contribution is 2.10. The predicted molar refractivity (Wildman–Crippen MR) is 56.3 cm³/mol. The molecule has 0 unspecified atom stereocenters. The molecule has 0 spiro atoms. The van der Waals surface area contributed by atoms with Gasteiger partial charge < -0.3 is 20.6 Å². The third-order valence-electron chi connectivity index (χ3n) is 3.35. The van der Waals surface area contributed by atoms with Crippen molar-refractivity contribution in [1.82, 2.24) is 15.5 Å². The van der Waals surface area contributed by atoms with Gasteiger partial charge in [-0.2, -0.15) is 0 Å². The number of piperidine rings is 1. The van der Waals surface area contributed by atoms with Gasteiger partial charge in [-0.3, -0.25) is 0 Å². The fourth-order valence-corrected chi connectivity index (χ4v) is 2.31. The molecule has 2 rings (SSSR count). The first-order valence-electron chi connectivity index (χ1n) is 5.59. The fraction of sp³-hybridized carbons (Fsp3) is 1.00. The van der Waals surface area contributed by atoms with Crippen molar-refractivity contribution >= 4 is 0 Å². The van der Waals surface area contributed by atoms with Crippen molar-refractivity contribution in [2.75, 3.05) is 33.2 Å². The Labute approximate surface area is 85.7 Å². The van der Waals surface area contributed by atoms with Crippen LogP contribution in [0.3, 0.4) is 0 Å². The van der Waals surface area contributed by atoms with Gasteiger partial charge in [-0.1, -0.05) is 0 Å². The molecule has 2 heterocycles. The van der Waals surface area contributed by atoms with Crippen molar-refractivity contribution in [2.24, 2.45) is 0 Å². The first-order valence-corrected chi connectivity index (χ1v) is 5.59. The summed E-state index contributed by atoms with van der Waals surface area (Å²) in [5, 5.41) is 16.4. The molecular weight excluding hydrogens is 178 g/mol. The number of aliphatic hydroxyl groups is 1. The van der Waals surface area contributed by atoms with Gasteiger partial charge >= 0.3 is 0 Å². The second kappa shape index (κ2) is 4.57. The number of likely N-dealkylation sites (tertiary alicyclic amines) is 1. The lowest BCUT2D eigenvalue weighted by Crippen LogP contribution is -2.49. The lowest BCUT2D eigenvalue weighted by Gasteiger charge is -2.32. The van der Waals surface area contributed by atoms with Gasteiger partial charge in [0, 0.05) is 25.2 Å². The second-order valence-electron chi connectivity index (χ2n) is 4.58. The number of hydrogen-bond donors (Lipinski definition) is 3. The Morgan fingerprint density at radius 2 is 2.00 bits per heavy atom. The maximum atomic E-state index is 9.64. The Morgan fingerprint density at radius 1 is 1.29 bits per heavy atom. The van der Waals surface area contributed by atoms with Crippen LogP contribution < -0.4 is 10.6 Å². The van der Waals surface area contributed by atoms with Gasteiger partial charge in [-0.05, 0) is 33.0 Å². The number of nitrogens with one attached hydrogen (secondary N) is 2. The van der Waals surface area contributed by atoms with Crippen LogP contribution in [0, 0.1) is 0 Å². The summed E-state index contributed by atoms with van der Waals surface area (Å²) in [6.07, 6.45) is 2.22. The molecule has 82 valence electrons. The third kappa shape index (κ3) is 2.45. The zero-order valence-corrected chi connectivity index (χ0v) is 8.87. The Bertz CT molecular complexity index is 180. The van der Waals surface area contributed by atoms with E-state index in [0.717, 1.165) is 13.1 Å².